The predicted molar refractivity (Wildman–Crippen MR) is 125 cm³/mol. The van der Waals surface area contributed by atoms with Gasteiger partial charge in [-0.2, -0.15) is 0 Å². The number of hydrogen-bond acceptors (Lipinski definition) is 4. The minimum absolute atomic E-state index is 0. The average Bonchev–Trinajstić information content (AvgIpc) is 3.34. The third-order valence-corrected chi connectivity index (χ3v) is 4.59. The Bertz CT molecular complexity index is 1100. The molecule has 150 valence electrons. The normalized spacial score (nSPS) is 11.3. The summed E-state index contributed by atoms with van der Waals surface area (Å²) in [5.74, 6) is 2.18. The number of aliphatic imine (C=N–C) groups is 1. The van der Waals surface area contributed by atoms with Gasteiger partial charge in [-0.25, -0.2) is 4.98 Å². The maximum Gasteiger partial charge on any atom is 0.226 e. The van der Waals surface area contributed by atoms with Crippen molar-refractivity contribution >= 4 is 40.9 Å². The first-order valence-electron chi connectivity index (χ1n) is 9.16. The number of rotatable bonds is 5. The summed E-state index contributed by atoms with van der Waals surface area (Å²) >= 11 is 0. The molecular formula is C22H23IN4O2. The van der Waals surface area contributed by atoms with E-state index in [1.807, 2.05) is 48.5 Å². The molecule has 4 aromatic rings. The van der Waals surface area contributed by atoms with Crippen LogP contribution in [-0.4, -0.2) is 18.0 Å². The summed E-state index contributed by atoms with van der Waals surface area (Å²) in [6, 6.07) is 17.9. The molecule has 7 heteroatoms. The Morgan fingerprint density at radius 3 is 2.48 bits per heavy atom. The van der Waals surface area contributed by atoms with Gasteiger partial charge in [-0.05, 0) is 25.1 Å². The largest absolute Gasteiger partial charge is 0.459 e. The lowest BCUT2D eigenvalue weighted by atomic mass is 10.1. The Kier molecular flexibility index (Phi) is 6.92. The van der Waals surface area contributed by atoms with Crippen LogP contribution in [0.3, 0.4) is 0 Å². The summed E-state index contributed by atoms with van der Waals surface area (Å²) in [4.78, 5) is 8.78. The first-order chi connectivity index (χ1) is 13.7. The molecule has 0 unspecified atom stereocenters. The molecule has 0 spiro atoms. The number of aromatic nitrogens is 1. The van der Waals surface area contributed by atoms with Crippen molar-refractivity contribution in [1.82, 2.24) is 15.6 Å². The van der Waals surface area contributed by atoms with Crippen molar-refractivity contribution in [2.45, 2.75) is 20.0 Å². The summed E-state index contributed by atoms with van der Waals surface area (Å²) in [6.45, 7) is 3.13. The number of aryl methyl sites for hydroxylation is 1. The number of guanidine groups is 1. The lowest BCUT2D eigenvalue weighted by molar-refractivity contribution is 0.534. The fraction of sp³-hybridized carbons (Fsp3) is 0.182. The van der Waals surface area contributed by atoms with E-state index in [4.69, 9.17) is 8.83 Å². The van der Waals surface area contributed by atoms with Gasteiger partial charge in [0.1, 0.15) is 17.6 Å². The van der Waals surface area contributed by atoms with E-state index in [1.54, 1.807) is 13.3 Å². The highest BCUT2D eigenvalue weighted by Gasteiger charge is 2.11. The van der Waals surface area contributed by atoms with Gasteiger partial charge in [0.2, 0.25) is 5.89 Å². The number of nitrogens with one attached hydrogen (secondary N) is 2. The van der Waals surface area contributed by atoms with Crippen LogP contribution in [0.4, 0.5) is 0 Å². The molecule has 2 N–H and O–H groups in total. The van der Waals surface area contributed by atoms with Crippen LogP contribution in [0.2, 0.25) is 0 Å². The van der Waals surface area contributed by atoms with E-state index >= 15 is 0 Å². The van der Waals surface area contributed by atoms with E-state index in [0.29, 0.717) is 24.9 Å². The average molecular weight is 502 g/mol. The zero-order valence-corrected chi connectivity index (χ0v) is 18.6. The molecule has 2 heterocycles. The third kappa shape index (κ3) is 4.79. The van der Waals surface area contributed by atoms with E-state index in [9.17, 15) is 0 Å². The molecule has 0 bridgehead atoms. The Hall–Kier alpha value is -2.81. The Morgan fingerprint density at radius 2 is 1.72 bits per heavy atom. The van der Waals surface area contributed by atoms with Crippen LogP contribution in [0, 0.1) is 6.92 Å². The smallest absolute Gasteiger partial charge is 0.226 e. The molecule has 2 aromatic carbocycles. The van der Waals surface area contributed by atoms with E-state index in [1.165, 1.54) is 0 Å². The van der Waals surface area contributed by atoms with Gasteiger partial charge in [0.25, 0.3) is 0 Å². The van der Waals surface area contributed by atoms with E-state index < -0.39 is 0 Å². The standard InChI is InChI=1S/C22H22N4O2.HI/c1-15-18-10-6-7-11-19(18)28-20(15)13-25-22(23-2)24-12-17-14-27-21(26-17)16-8-4-3-5-9-16;/h3-11,14H,12-13H2,1-2H3,(H2,23,24,25);1H. The topological polar surface area (TPSA) is 75.6 Å². The van der Waals surface area contributed by atoms with Crippen LogP contribution in [0.15, 0.2) is 74.7 Å². The summed E-state index contributed by atoms with van der Waals surface area (Å²) in [7, 11) is 1.74. The van der Waals surface area contributed by atoms with Crippen LogP contribution in [0.1, 0.15) is 17.0 Å². The number of hydrogen-bond donors (Lipinski definition) is 2. The summed E-state index contributed by atoms with van der Waals surface area (Å²) in [6.07, 6.45) is 1.66. The lowest BCUT2D eigenvalue weighted by Gasteiger charge is -2.10. The van der Waals surface area contributed by atoms with E-state index in [0.717, 1.165) is 33.6 Å². The van der Waals surface area contributed by atoms with Crippen LogP contribution in [0.25, 0.3) is 22.4 Å². The molecule has 2 aromatic heterocycles. The molecule has 0 atom stereocenters. The Balaban J connectivity index is 0.00000240. The Labute approximate surface area is 186 Å². The zero-order valence-electron chi connectivity index (χ0n) is 16.3. The van der Waals surface area contributed by atoms with Crippen molar-refractivity contribution < 1.29 is 8.83 Å². The van der Waals surface area contributed by atoms with Gasteiger partial charge in [-0.1, -0.05) is 36.4 Å². The molecule has 0 radical (unpaired) electrons. The fourth-order valence-electron chi connectivity index (χ4n) is 3.05. The minimum Gasteiger partial charge on any atom is -0.459 e. The third-order valence-electron chi connectivity index (χ3n) is 4.59. The second-order valence-electron chi connectivity index (χ2n) is 6.44. The Morgan fingerprint density at radius 1 is 1.00 bits per heavy atom. The summed E-state index contributed by atoms with van der Waals surface area (Å²) in [5.41, 5.74) is 3.80. The molecule has 0 saturated carbocycles. The lowest BCUT2D eigenvalue weighted by Crippen LogP contribution is -2.36. The monoisotopic (exact) mass is 502 g/mol. The van der Waals surface area contributed by atoms with Crippen LogP contribution in [-0.2, 0) is 13.1 Å². The minimum atomic E-state index is 0. The van der Waals surface area contributed by atoms with Crippen molar-refractivity contribution in [3.05, 3.63) is 77.9 Å². The molecule has 6 nitrogen and oxygen atoms in total. The number of benzene rings is 2. The number of oxazole rings is 1. The second kappa shape index (κ2) is 9.60. The van der Waals surface area contributed by atoms with Gasteiger partial charge in [0, 0.05) is 23.6 Å². The predicted octanol–water partition coefficient (Wildman–Crippen LogP) is 4.88. The first-order valence-corrected chi connectivity index (χ1v) is 9.16. The number of fused-ring (bicyclic) bond motifs is 1. The number of para-hydroxylation sites is 1. The maximum atomic E-state index is 5.94. The SMILES string of the molecule is CN=C(NCc1coc(-c2ccccc2)n1)NCc1oc2ccccc2c1C.I. The highest BCUT2D eigenvalue weighted by molar-refractivity contribution is 14.0. The quantitative estimate of drug-likeness (QED) is 0.231. The summed E-state index contributed by atoms with van der Waals surface area (Å²) < 4.78 is 11.5. The van der Waals surface area contributed by atoms with Crippen molar-refractivity contribution in [3.8, 4) is 11.5 Å². The van der Waals surface area contributed by atoms with Crippen LogP contribution < -0.4 is 10.6 Å². The highest BCUT2D eigenvalue weighted by Crippen LogP contribution is 2.24. The second-order valence-corrected chi connectivity index (χ2v) is 6.44. The number of nitrogens with zero attached hydrogens (tertiary/aromatic N) is 2. The van der Waals surface area contributed by atoms with Gasteiger partial charge in [0.15, 0.2) is 5.96 Å². The van der Waals surface area contributed by atoms with Crippen LogP contribution >= 0.6 is 24.0 Å². The fourth-order valence-corrected chi connectivity index (χ4v) is 3.05. The van der Waals surface area contributed by atoms with Crippen LogP contribution in [0.5, 0.6) is 0 Å². The van der Waals surface area contributed by atoms with Gasteiger partial charge >= 0.3 is 0 Å². The molecule has 4 rings (SSSR count). The van der Waals surface area contributed by atoms with Gasteiger partial charge < -0.3 is 19.5 Å². The molecule has 0 aliphatic rings. The highest BCUT2D eigenvalue weighted by atomic mass is 127. The molecule has 0 fully saturated rings. The molecule has 29 heavy (non-hydrogen) atoms. The van der Waals surface area contributed by atoms with Gasteiger partial charge in [-0.15, -0.1) is 24.0 Å². The van der Waals surface area contributed by atoms with Crippen molar-refractivity contribution in [2.75, 3.05) is 7.05 Å². The first kappa shape index (κ1) is 20.9. The molecule has 0 aliphatic carbocycles. The van der Waals surface area contributed by atoms with Gasteiger partial charge in [0.05, 0.1) is 18.8 Å². The molecular weight excluding hydrogens is 479 g/mol. The molecule has 0 aliphatic heterocycles. The van der Waals surface area contributed by atoms with Crippen molar-refractivity contribution in [3.63, 3.8) is 0 Å². The number of halogens is 1. The molecule has 0 saturated heterocycles. The van der Waals surface area contributed by atoms with E-state index in [2.05, 4.69) is 33.6 Å². The zero-order chi connectivity index (χ0) is 19.3. The van der Waals surface area contributed by atoms with Crippen molar-refractivity contribution in [1.29, 1.82) is 0 Å². The van der Waals surface area contributed by atoms with Gasteiger partial charge in [-0.3, -0.25) is 4.99 Å². The number of furan rings is 1. The van der Waals surface area contributed by atoms with E-state index in [-0.39, 0.29) is 24.0 Å². The summed E-state index contributed by atoms with van der Waals surface area (Å²) in [5, 5.41) is 7.67. The van der Waals surface area contributed by atoms with Crippen molar-refractivity contribution in [2.24, 2.45) is 4.99 Å². The maximum absolute atomic E-state index is 5.94. The molecule has 0 amide bonds.